The van der Waals surface area contributed by atoms with Crippen LogP contribution >= 0.6 is 11.6 Å². The SMILES string of the molecule is C1CCOC1.Oc1cc2c(Cl)ncnc2cc1OC1CCOC1. The molecule has 2 saturated heterocycles. The van der Waals surface area contributed by atoms with Gasteiger partial charge in [0.05, 0.1) is 18.7 Å². The fourth-order valence-electron chi connectivity index (χ4n) is 2.43. The molecule has 1 atom stereocenters. The van der Waals surface area contributed by atoms with Crippen LogP contribution in [-0.4, -0.2) is 47.6 Å². The first-order chi connectivity index (χ1) is 11.2. The van der Waals surface area contributed by atoms with Gasteiger partial charge < -0.3 is 19.3 Å². The summed E-state index contributed by atoms with van der Waals surface area (Å²) < 4.78 is 15.8. The lowest BCUT2D eigenvalue weighted by molar-refractivity contribution is 0.139. The van der Waals surface area contributed by atoms with Crippen LogP contribution in [0.25, 0.3) is 10.9 Å². The molecule has 0 amide bonds. The second kappa shape index (κ2) is 7.77. The highest BCUT2D eigenvalue weighted by Gasteiger charge is 2.19. The largest absolute Gasteiger partial charge is 0.504 e. The van der Waals surface area contributed by atoms with Crippen LogP contribution < -0.4 is 4.74 Å². The molecule has 124 valence electrons. The van der Waals surface area contributed by atoms with E-state index in [1.54, 1.807) is 6.07 Å². The standard InChI is InChI=1S/C12H11ClN2O3.C4H8O/c13-12-8-3-10(16)11(4-9(8)14-6-15-12)18-7-1-2-17-5-7;1-2-4-5-3-1/h3-4,6-7,16H,1-2,5H2;1-4H2. The maximum atomic E-state index is 9.91. The summed E-state index contributed by atoms with van der Waals surface area (Å²) in [5.74, 6) is 0.430. The lowest BCUT2D eigenvalue weighted by atomic mass is 10.2. The molecule has 2 aliphatic rings. The third kappa shape index (κ3) is 4.22. The number of aromatic nitrogens is 2. The van der Waals surface area contributed by atoms with Crippen LogP contribution in [0.15, 0.2) is 18.5 Å². The Morgan fingerprint density at radius 2 is 1.96 bits per heavy atom. The molecule has 1 aromatic carbocycles. The molecule has 0 bridgehead atoms. The van der Waals surface area contributed by atoms with E-state index in [0.29, 0.717) is 35.0 Å². The normalized spacial score (nSPS) is 20.3. The van der Waals surface area contributed by atoms with Crippen LogP contribution in [0.5, 0.6) is 11.5 Å². The van der Waals surface area contributed by atoms with E-state index >= 15 is 0 Å². The molecule has 3 heterocycles. The van der Waals surface area contributed by atoms with Crippen LogP contribution in [-0.2, 0) is 9.47 Å². The minimum Gasteiger partial charge on any atom is -0.504 e. The molecule has 1 aromatic heterocycles. The van der Waals surface area contributed by atoms with Crippen LogP contribution in [0.1, 0.15) is 19.3 Å². The first kappa shape index (κ1) is 16.2. The summed E-state index contributed by atoms with van der Waals surface area (Å²) in [6, 6.07) is 3.18. The Bertz CT molecular complexity index is 650. The van der Waals surface area contributed by atoms with Gasteiger partial charge in [-0.2, -0.15) is 0 Å². The Hall–Kier alpha value is -1.63. The fraction of sp³-hybridized carbons (Fsp3) is 0.500. The summed E-state index contributed by atoms with van der Waals surface area (Å²) in [5, 5.41) is 10.8. The number of phenols is 1. The van der Waals surface area contributed by atoms with Crippen LogP contribution in [0, 0.1) is 0 Å². The van der Waals surface area contributed by atoms with Crippen LogP contribution in [0.4, 0.5) is 0 Å². The van der Waals surface area contributed by atoms with E-state index in [2.05, 4.69) is 9.97 Å². The molecule has 0 saturated carbocycles. The first-order valence-electron chi connectivity index (χ1n) is 7.69. The van der Waals surface area contributed by atoms with Gasteiger partial charge in [0.1, 0.15) is 17.6 Å². The summed E-state index contributed by atoms with van der Waals surface area (Å²) in [4.78, 5) is 7.96. The molecule has 2 aliphatic heterocycles. The number of hydrogen-bond acceptors (Lipinski definition) is 6. The second-order valence-corrected chi connectivity index (χ2v) is 5.78. The van der Waals surface area contributed by atoms with Crippen molar-refractivity contribution in [1.82, 2.24) is 9.97 Å². The fourth-order valence-corrected chi connectivity index (χ4v) is 2.63. The van der Waals surface area contributed by atoms with Crippen molar-refractivity contribution in [2.75, 3.05) is 26.4 Å². The van der Waals surface area contributed by atoms with Gasteiger partial charge >= 0.3 is 0 Å². The van der Waals surface area contributed by atoms with Gasteiger partial charge in [0.2, 0.25) is 0 Å². The molecular formula is C16H19ClN2O4. The van der Waals surface area contributed by atoms with Crippen molar-refractivity contribution in [3.05, 3.63) is 23.6 Å². The molecule has 2 aromatic rings. The zero-order chi connectivity index (χ0) is 16.1. The van der Waals surface area contributed by atoms with Crippen LogP contribution in [0.2, 0.25) is 5.15 Å². The molecule has 4 rings (SSSR count). The average molecular weight is 339 g/mol. The summed E-state index contributed by atoms with van der Waals surface area (Å²) in [7, 11) is 0. The lowest BCUT2D eigenvalue weighted by Crippen LogP contribution is -2.15. The van der Waals surface area contributed by atoms with Gasteiger partial charge in [-0.05, 0) is 18.9 Å². The van der Waals surface area contributed by atoms with Crippen molar-refractivity contribution in [3.8, 4) is 11.5 Å². The summed E-state index contributed by atoms with van der Waals surface area (Å²) in [6.45, 7) is 3.23. The number of aromatic hydroxyl groups is 1. The Morgan fingerprint density at radius 3 is 2.61 bits per heavy atom. The maximum Gasteiger partial charge on any atom is 0.163 e. The molecule has 0 radical (unpaired) electrons. The molecule has 1 N–H and O–H groups in total. The number of halogens is 1. The Labute approximate surface area is 139 Å². The van der Waals surface area contributed by atoms with Crippen molar-refractivity contribution in [2.45, 2.75) is 25.4 Å². The predicted molar refractivity (Wildman–Crippen MR) is 86.1 cm³/mol. The average Bonchev–Trinajstić information content (AvgIpc) is 3.25. The van der Waals surface area contributed by atoms with Crippen molar-refractivity contribution in [2.24, 2.45) is 0 Å². The Morgan fingerprint density at radius 1 is 1.13 bits per heavy atom. The number of rotatable bonds is 2. The zero-order valence-electron chi connectivity index (χ0n) is 12.7. The quantitative estimate of drug-likeness (QED) is 0.849. The first-order valence-corrected chi connectivity index (χ1v) is 8.07. The van der Waals surface area contributed by atoms with Gasteiger partial charge in [0.25, 0.3) is 0 Å². The number of hydrogen-bond donors (Lipinski definition) is 1. The van der Waals surface area contributed by atoms with E-state index in [-0.39, 0.29) is 11.9 Å². The van der Waals surface area contributed by atoms with Crippen molar-refractivity contribution in [3.63, 3.8) is 0 Å². The highest BCUT2D eigenvalue weighted by Crippen LogP contribution is 2.34. The third-order valence-corrected chi connectivity index (χ3v) is 3.98. The van der Waals surface area contributed by atoms with Gasteiger partial charge in [-0.15, -0.1) is 0 Å². The molecular weight excluding hydrogens is 320 g/mol. The van der Waals surface area contributed by atoms with E-state index in [1.807, 2.05) is 0 Å². The van der Waals surface area contributed by atoms with Gasteiger partial charge in [0.15, 0.2) is 11.5 Å². The lowest BCUT2D eigenvalue weighted by Gasteiger charge is -2.13. The number of fused-ring (bicyclic) bond motifs is 1. The van der Waals surface area contributed by atoms with Gasteiger partial charge in [-0.1, -0.05) is 11.6 Å². The molecule has 2 fully saturated rings. The Kier molecular flexibility index (Phi) is 5.48. The van der Waals surface area contributed by atoms with E-state index < -0.39 is 0 Å². The smallest absolute Gasteiger partial charge is 0.163 e. The van der Waals surface area contributed by atoms with Crippen molar-refractivity contribution >= 4 is 22.5 Å². The van der Waals surface area contributed by atoms with E-state index in [1.165, 1.54) is 25.2 Å². The topological polar surface area (TPSA) is 73.7 Å². The summed E-state index contributed by atoms with van der Waals surface area (Å²) in [6.07, 6.45) is 4.73. The maximum absolute atomic E-state index is 9.91. The second-order valence-electron chi connectivity index (χ2n) is 5.42. The molecule has 7 heteroatoms. The molecule has 1 unspecified atom stereocenters. The highest BCUT2D eigenvalue weighted by molar-refractivity contribution is 6.34. The number of phenolic OH excluding ortho intramolecular Hbond substituents is 1. The number of nitrogens with zero attached hydrogens (tertiary/aromatic N) is 2. The number of ether oxygens (including phenoxy) is 3. The zero-order valence-corrected chi connectivity index (χ0v) is 13.5. The third-order valence-electron chi connectivity index (χ3n) is 3.68. The predicted octanol–water partition coefficient (Wildman–Crippen LogP) is 2.95. The Balaban J connectivity index is 0.000000267. The molecule has 23 heavy (non-hydrogen) atoms. The van der Waals surface area contributed by atoms with Crippen LogP contribution in [0.3, 0.4) is 0 Å². The summed E-state index contributed by atoms with van der Waals surface area (Å²) >= 11 is 5.93. The summed E-state index contributed by atoms with van der Waals surface area (Å²) in [5.41, 5.74) is 0.640. The number of benzene rings is 1. The van der Waals surface area contributed by atoms with Crippen molar-refractivity contribution < 1.29 is 19.3 Å². The molecule has 0 spiro atoms. The highest BCUT2D eigenvalue weighted by atomic mass is 35.5. The minimum atomic E-state index is -0.0225. The van der Waals surface area contributed by atoms with Gasteiger partial charge in [-0.25, -0.2) is 9.97 Å². The van der Waals surface area contributed by atoms with Gasteiger partial charge in [0, 0.05) is 31.1 Å². The van der Waals surface area contributed by atoms with Gasteiger partial charge in [-0.3, -0.25) is 0 Å². The molecule has 6 nitrogen and oxygen atoms in total. The van der Waals surface area contributed by atoms with E-state index in [9.17, 15) is 5.11 Å². The van der Waals surface area contributed by atoms with Crippen molar-refractivity contribution in [1.29, 1.82) is 0 Å². The molecule has 0 aliphatic carbocycles. The monoisotopic (exact) mass is 338 g/mol. The minimum absolute atomic E-state index is 0.0225. The van der Waals surface area contributed by atoms with E-state index in [0.717, 1.165) is 19.6 Å². The van der Waals surface area contributed by atoms with E-state index in [4.69, 9.17) is 25.8 Å².